The molecule has 0 saturated heterocycles. The van der Waals surface area contributed by atoms with Gasteiger partial charge in [-0.1, -0.05) is 12.1 Å². The standard InChI is InChI=1S/C13H14N2OS/c1-11(16)12-3-2-4-13(9-12)17-8-7-15-6-5-14-10-15/h2-6,9-10H,7-8H2,1H3. The monoisotopic (exact) mass is 246 g/mol. The molecule has 0 spiro atoms. The number of thioether (sulfide) groups is 1. The fourth-order valence-corrected chi connectivity index (χ4v) is 2.42. The molecule has 2 rings (SSSR count). The Balaban J connectivity index is 1.90. The fourth-order valence-electron chi connectivity index (χ4n) is 1.49. The van der Waals surface area contributed by atoms with Gasteiger partial charge in [-0.25, -0.2) is 4.98 Å². The number of carbonyl (C=O) groups is 1. The quantitative estimate of drug-likeness (QED) is 0.601. The van der Waals surface area contributed by atoms with Crippen molar-refractivity contribution in [3.05, 3.63) is 48.5 Å². The highest BCUT2D eigenvalue weighted by molar-refractivity contribution is 7.99. The minimum absolute atomic E-state index is 0.113. The molecule has 0 fully saturated rings. The van der Waals surface area contributed by atoms with Crippen molar-refractivity contribution in [2.75, 3.05) is 5.75 Å². The first kappa shape index (κ1) is 11.9. The smallest absolute Gasteiger partial charge is 0.159 e. The fraction of sp³-hybridized carbons (Fsp3) is 0.231. The molecule has 1 aromatic heterocycles. The molecule has 0 aliphatic rings. The summed E-state index contributed by atoms with van der Waals surface area (Å²) in [5.41, 5.74) is 0.776. The molecule has 3 nitrogen and oxygen atoms in total. The number of benzene rings is 1. The largest absolute Gasteiger partial charge is 0.337 e. The minimum atomic E-state index is 0.113. The molecular weight excluding hydrogens is 232 g/mol. The van der Waals surface area contributed by atoms with Crippen molar-refractivity contribution in [2.45, 2.75) is 18.4 Å². The number of nitrogens with zero attached hydrogens (tertiary/aromatic N) is 2. The molecule has 17 heavy (non-hydrogen) atoms. The van der Waals surface area contributed by atoms with E-state index in [1.54, 1.807) is 24.9 Å². The molecule has 0 aliphatic carbocycles. The van der Waals surface area contributed by atoms with Crippen LogP contribution in [0.15, 0.2) is 47.9 Å². The van der Waals surface area contributed by atoms with E-state index in [1.165, 1.54) is 0 Å². The zero-order valence-corrected chi connectivity index (χ0v) is 10.5. The summed E-state index contributed by atoms with van der Waals surface area (Å²) in [6.07, 6.45) is 5.54. The van der Waals surface area contributed by atoms with Crippen LogP contribution in [0.5, 0.6) is 0 Å². The van der Waals surface area contributed by atoms with Crippen LogP contribution in [0, 0.1) is 0 Å². The van der Waals surface area contributed by atoms with Crippen LogP contribution < -0.4 is 0 Å². The zero-order valence-electron chi connectivity index (χ0n) is 9.67. The van der Waals surface area contributed by atoms with Crippen molar-refractivity contribution in [2.24, 2.45) is 0 Å². The van der Waals surface area contributed by atoms with E-state index in [0.29, 0.717) is 0 Å². The highest BCUT2D eigenvalue weighted by Gasteiger charge is 2.00. The molecule has 0 amide bonds. The second-order valence-electron chi connectivity index (χ2n) is 3.73. The average molecular weight is 246 g/mol. The van der Waals surface area contributed by atoms with Crippen LogP contribution in [0.1, 0.15) is 17.3 Å². The number of aryl methyl sites for hydroxylation is 1. The molecule has 1 aromatic carbocycles. The molecule has 0 bridgehead atoms. The predicted molar refractivity (Wildman–Crippen MR) is 69.4 cm³/mol. The maximum Gasteiger partial charge on any atom is 0.159 e. The van der Waals surface area contributed by atoms with Gasteiger partial charge in [-0.2, -0.15) is 0 Å². The van der Waals surface area contributed by atoms with Crippen LogP contribution in [0.3, 0.4) is 0 Å². The van der Waals surface area contributed by atoms with Gasteiger partial charge in [0.2, 0.25) is 0 Å². The van der Waals surface area contributed by atoms with Gasteiger partial charge in [0.25, 0.3) is 0 Å². The Kier molecular flexibility index (Phi) is 3.98. The average Bonchev–Trinajstić information content (AvgIpc) is 2.82. The van der Waals surface area contributed by atoms with Crippen LogP contribution >= 0.6 is 11.8 Å². The molecule has 0 atom stereocenters. The molecule has 4 heteroatoms. The van der Waals surface area contributed by atoms with Crippen molar-refractivity contribution < 1.29 is 4.79 Å². The first-order valence-electron chi connectivity index (χ1n) is 5.45. The van der Waals surface area contributed by atoms with Gasteiger partial charge in [-0.3, -0.25) is 4.79 Å². The molecule has 0 saturated carbocycles. The summed E-state index contributed by atoms with van der Waals surface area (Å²) in [4.78, 5) is 16.4. The SMILES string of the molecule is CC(=O)c1cccc(SCCn2ccnc2)c1. The Morgan fingerprint density at radius 1 is 1.47 bits per heavy atom. The number of rotatable bonds is 5. The zero-order chi connectivity index (χ0) is 12.1. The van der Waals surface area contributed by atoms with Crippen LogP contribution in [-0.2, 0) is 6.54 Å². The molecular formula is C13H14N2OS. The summed E-state index contributed by atoms with van der Waals surface area (Å²) < 4.78 is 2.04. The third-order valence-corrected chi connectivity index (χ3v) is 3.39. The van der Waals surface area contributed by atoms with Gasteiger partial charge >= 0.3 is 0 Å². The Bertz CT molecular complexity index is 494. The van der Waals surface area contributed by atoms with Crippen molar-refractivity contribution in [1.29, 1.82) is 0 Å². The highest BCUT2D eigenvalue weighted by Crippen LogP contribution is 2.19. The van der Waals surface area contributed by atoms with Crippen molar-refractivity contribution in [1.82, 2.24) is 9.55 Å². The summed E-state index contributed by atoms with van der Waals surface area (Å²) in [5, 5.41) is 0. The van der Waals surface area contributed by atoms with Gasteiger partial charge < -0.3 is 4.57 Å². The Labute approximate surface area is 105 Å². The van der Waals surface area contributed by atoms with Gasteiger partial charge in [0.05, 0.1) is 6.33 Å². The van der Waals surface area contributed by atoms with E-state index in [4.69, 9.17) is 0 Å². The minimum Gasteiger partial charge on any atom is -0.337 e. The van der Waals surface area contributed by atoms with Crippen LogP contribution in [-0.4, -0.2) is 21.1 Å². The molecule has 0 radical (unpaired) electrons. The number of ketones is 1. The maximum absolute atomic E-state index is 11.2. The topological polar surface area (TPSA) is 34.9 Å². The third kappa shape index (κ3) is 3.46. The number of hydrogen-bond donors (Lipinski definition) is 0. The second-order valence-corrected chi connectivity index (χ2v) is 4.90. The number of aromatic nitrogens is 2. The number of carbonyl (C=O) groups excluding carboxylic acids is 1. The van der Waals surface area contributed by atoms with Gasteiger partial charge in [-0.15, -0.1) is 11.8 Å². The summed E-state index contributed by atoms with van der Waals surface area (Å²) in [5.74, 6) is 1.08. The first-order chi connectivity index (χ1) is 8.25. The highest BCUT2D eigenvalue weighted by atomic mass is 32.2. The van der Waals surface area contributed by atoms with E-state index in [9.17, 15) is 4.79 Å². The lowest BCUT2D eigenvalue weighted by atomic mass is 10.2. The second kappa shape index (κ2) is 5.68. The summed E-state index contributed by atoms with van der Waals surface area (Å²) >= 11 is 1.75. The number of Topliss-reactive ketones (excluding diaryl/α,β-unsaturated/α-hetero) is 1. The Hall–Kier alpha value is -1.55. The molecule has 2 aromatic rings. The van der Waals surface area contributed by atoms with Crippen molar-refractivity contribution in [3.63, 3.8) is 0 Å². The Morgan fingerprint density at radius 3 is 3.06 bits per heavy atom. The molecule has 1 heterocycles. The normalized spacial score (nSPS) is 10.4. The maximum atomic E-state index is 11.2. The van der Waals surface area contributed by atoms with Crippen LogP contribution in [0.4, 0.5) is 0 Å². The van der Waals surface area contributed by atoms with Crippen molar-refractivity contribution in [3.8, 4) is 0 Å². The summed E-state index contributed by atoms with van der Waals surface area (Å²) in [6, 6.07) is 7.75. The summed E-state index contributed by atoms with van der Waals surface area (Å²) in [7, 11) is 0. The van der Waals surface area contributed by atoms with E-state index in [2.05, 4.69) is 4.98 Å². The third-order valence-electron chi connectivity index (χ3n) is 2.42. The van der Waals surface area contributed by atoms with Gasteiger partial charge in [-0.05, 0) is 19.1 Å². The predicted octanol–water partition coefficient (Wildman–Crippen LogP) is 2.88. The van der Waals surface area contributed by atoms with E-state index in [1.807, 2.05) is 41.4 Å². The lowest BCUT2D eigenvalue weighted by Crippen LogP contribution is -1.97. The van der Waals surface area contributed by atoms with E-state index >= 15 is 0 Å². The van der Waals surface area contributed by atoms with E-state index in [-0.39, 0.29) is 5.78 Å². The van der Waals surface area contributed by atoms with E-state index < -0.39 is 0 Å². The number of hydrogen-bond acceptors (Lipinski definition) is 3. The lowest BCUT2D eigenvalue weighted by molar-refractivity contribution is 0.101. The van der Waals surface area contributed by atoms with Gasteiger partial charge in [0, 0.05) is 35.2 Å². The lowest BCUT2D eigenvalue weighted by Gasteiger charge is -2.04. The van der Waals surface area contributed by atoms with Gasteiger partial charge in [0.15, 0.2) is 5.78 Å². The molecule has 0 unspecified atom stereocenters. The molecule has 0 aliphatic heterocycles. The number of imidazole rings is 1. The van der Waals surface area contributed by atoms with Gasteiger partial charge in [0.1, 0.15) is 0 Å². The van der Waals surface area contributed by atoms with E-state index in [0.717, 1.165) is 22.8 Å². The molecule has 88 valence electrons. The first-order valence-corrected chi connectivity index (χ1v) is 6.44. The molecule has 0 N–H and O–H groups in total. The van der Waals surface area contributed by atoms with Crippen LogP contribution in [0.2, 0.25) is 0 Å². The van der Waals surface area contributed by atoms with Crippen LogP contribution in [0.25, 0.3) is 0 Å². The Morgan fingerprint density at radius 2 is 2.35 bits per heavy atom. The van der Waals surface area contributed by atoms with Crippen molar-refractivity contribution >= 4 is 17.5 Å². The summed E-state index contributed by atoms with van der Waals surface area (Å²) in [6.45, 7) is 2.52.